The molecule has 0 saturated heterocycles. The number of para-hydroxylation sites is 2. The lowest BCUT2D eigenvalue weighted by Crippen LogP contribution is -2.27. The van der Waals surface area contributed by atoms with Gasteiger partial charge in [-0.3, -0.25) is 9.71 Å². The van der Waals surface area contributed by atoms with Crippen molar-refractivity contribution in [1.29, 1.82) is 0 Å². The number of sulfonamides is 1. The van der Waals surface area contributed by atoms with E-state index in [-0.39, 0.29) is 46.2 Å². The summed E-state index contributed by atoms with van der Waals surface area (Å²) < 4.78 is 79.8. The summed E-state index contributed by atoms with van der Waals surface area (Å²) in [6, 6.07) is 8.86. The van der Waals surface area contributed by atoms with Crippen LogP contribution in [-0.4, -0.2) is 45.4 Å². The molecule has 5 rings (SSSR count). The first-order valence-corrected chi connectivity index (χ1v) is 13.1. The maximum atomic E-state index is 14.1. The average molecular weight is 535 g/mol. The van der Waals surface area contributed by atoms with Crippen LogP contribution in [0.1, 0.15) is 49.7 Å². The second-order valence-corrected chi connectivity index (χ2v) is 10.4. The fourth-order valence-electron chi connectivity index (χ4n) is 3.56. The van der Waals surface area contributed by atoms with Crippen LogP contribution in [-0.2, 0) is 10.0 Å². The smallest absolute Gasteiger partial charge is 0.429 e. The van der Waals surface area contributed by atoms with E-state index in [0.717, 1.165) is 19.0 Å². The van der Waals surface area contributed by atoms with Crippen molar-refractivity contribution in [1.82, 2.24) is 25.1 Å². The fourth-order valence-corrected chi connectivity index (χ4v) is 4.63. The zero-order chi connectivity index (χ0) is 26.2. The first-order chi connectivity index (χ1) is 17.6. The van der Waals surface area contributed by atoms with Gasteiger partial charge in [-0.15, -0.1) is 0 Å². The Morgan fingerprint density at radius 3 is 2.46 bits per heavy atom. The molecule has 1 aromatic carbocycles. The molecule has 4 aromatic rings. The minimum atomic E-state index is -4.89. The normalized spacial score (nSPS) is 15.0. The van der Waals surface area contributed by atoms with Crippen LogP contribution in [0.25, 0.3) is 22.6 Å². The minimum absolute atomic E-state index is 0.172. The van der Waals surface area contributed by atoms with Gasteiger partial charge in [-0.2, -0.15) is 18.2 Å². The topological polar surface area (TPSA) is 133 Å². The molecular weight excluding hydrogens is 513 g/mol. The first-order valence-electron chi connectivity index (χ1n) is 11.4. The van der Waals surface area contributed by atoms with E-state index >= 15 is 0 Å². The zero-order valence-electron chi connectivity index (χ0n) is 19.4. The number of hydrogen-bond acceptors (Lipinski definition) is 9. The molecule has 0 spiro atoms. The number of benzene rings is 1. The molecule has 0 bridgehead atoms. The van der Waals surface area contributed by atoms with Crippen LogP contribution >= 0.6 is 0 Å². The van der Waals surface area contributed by atoms with Crippen LogP contribution in [0.3, 0.4) is 0 Å². The number of nitrogens with one attached hydrogen (secondary N) is 1. The number of nitrogens with zero attached hydrogens (tertiary/aromatic N) is 5. The number of rotatable bonds is 9. The van der Waals surface area contributed by atoms with Gasteiger partial charge in [0.2, 0.25) is 33.7 Å². The summed E-state index contributed by atoms with van der Waals surface area (Å²) in [5.74, 6) is -0.442. The standard InChI is InChI=1S/C23H21F3N6O4S/c1-2-11-37(33,34)32-20-22(29-16-6-4-3-5-15(16)28-20)35-18(23(24,25)26)14-9-10-17(27-12-14)19-30-21(36-31-19)13-7-8-13/h3-6,9-10,12-13,18H,2,7-8,11H2,1H3,(H,28,32)/t18-/m1/s1. The van der Waals surface area contributed by atoms with Crippen LogP contribution in [0.15, 0.2) is 47.1 Å². The molecule has 0 unspecified atom stereocenters. The van der Waals surface area contributed by atoms with Crippen LogP contribution in [0.5, 0.6) is 5.88 Å². The van der Waals surface area contributed by atoms with Crippen molar-refractivity contribution >= 4 is 26.9 Å². The van der Waals surface area contributed by atoms with Crippen molar-refractivity contribution in [3.63, 3.8) is 0 Å². The Kier molecular flexibility index (Phi) is 6.43. The average Bonchev–Trinajstić information content (AvgIpc) is 3.58. The first kappa shape index (κ1) is 24.9. The number of hydrogen-bond donors (Lipinski definition) is 1. The van der Waals surface area contributed by atoms with Crippen LogP contribution in [0.4, 0.5) is 19.0 Å². The molecule has 14 heteroatoms. The molecule has 37 heavy (non-hydrogen) atoms. The predicted octanol–water partition coefficient (Wildman–Crippen LogP) is 4.79. The monoisotopic (exact) mass is 534 g/mol. The molecule has 1 atom stereocenters. The number of halogens is 3. The highest BCUT2D eigenvalue weighted by Crippen LogP contribution is 2.40. The molecule has 0 aliphatic heterocycles. The molecule has 10 nitrogen and oxygen atoms in total. The molecule has 1 aliphatic rings. The summed E-state index contributed by atoms with van der Waals surface area (Å²) in [6.45, 7) is 1.65. The van der Waals surface area contributed by atoms with E-state index in [1.54, 1.807) is 25.1 Å². The van der Waals surface area contributed by atoms with Crippen LogP contribution < -0.4 is 9.46 Å². The van der Waals surface area contributed by atoms with Gasteiger partial charge < -0.3 is 9.26 Å². The molecule has 3 heterocycles. The Morgan fingerprint density at radius 1 is 1.11 bits per heavy atom. The SMILES string of the molecule is CCCS(=O)(=O)Nc1nc2ccccc2nc1O[C@H](c1ccc(-c2noc(C3CC3)n2)nc1)C(F)(F)F. The Balaban J connectivity index is 1.48. The van der Waals surface area contributed by atoms with E-state index in [9.17, 15) is 21.6 Å². The van der Waals surface area contributed by atoms with Crippen molar-refractivity contribution < 1.29 is 30.8 Å². The second-order valence-electron chi connectivity index (χ2n) is 8.53. The Hall–Kier alpha value is -3.81. The van der Waals surface area contributed by atoms with E-state index in [1.807, 2.05) is 0 Å². The Labute approximate surface area is 209 Å². The molecule has 0 radical (unpaired) electrons. The van der Waals surface area contributed by atoms with Gasteiger partial charge in [0, 0.05) is 17.7 Å². The number of pyridine rings is 1. The van der Waals surface area contributed by atoms with Gasteiger partial charge in [0.25, 0.3) is 5.88 Å². The molecule has 0 amide bonds. The highest BCUT2D eigenvalue weighted by Gasteiger charge is 2.44. The van der Waals surface area contributed by atoms with Gasteiger partial charge in [0.05, 0.1) is 16.8 Å². The van der Waals surface area contributed by atoms with Gasteiger partial charge in [0.1, 0.15) is 5.69 Å². The van der Waals surface area contributed by atoms with Crippen molar-refractivity contribution in [2.75, 3.05) is 10.5 Å². The van der Waals surface area contributed by atoms with Gasteiger partial charge in [-0.1, -0.05) is 30.3 Å². The Morgan fingerprint density at radius 2 is 1.84 bits per heavy atom. The molecule has 194 valence electrons. The summed E-state index contributed by atoms with van der Waals surface area (Å²) in [6.07, 6.45) is -4.21. The fraction of sp³-hybridized carbons (Fsp3) is 0.348. The third-order valence-corrected chi connectivity index (χ3v) is 6.93. The van der Waals surface area contributed by atoms with Gasteiger partial charge in [-0.25, -0.2) is 18.4 Å². The third-order valence-electron chi connectivity index (χ3n) is 5.48. The summed E-state index contributed by atoms with van der Waals surface area (Å²) in [5.41, 5.74) is 0.413. The lowest BCUT2D eigenvalue weighted by Gasteiger charge is -2.22. The molecule has 1 N–H and O–H groups in total. The number of alkyl halides is 3. The molecule has 1 saturated carbocycles. The number of anilines is 1. The summed E-state index contributed by atoms with van der Waals surface area (Å²) in [4.78, 5) is 16.6. The van der Waals surface area contributed by atoms with E-state index < -0.39 is 34.0 Å². The summed E-state index contributed by atoms with van der Waals surface area (Å²) in [7, 11) is -3.90. The lowest BCUT2D eigenvalue weighted by atomic mass is 10.1. The van der Waals surface area contributed by atoms with Crippen molar-refractivity contribution in [3.05, 3.63) is 54.0 Å². The van der Waals surface area contributed by atoms with Gasteiger partial charge in [-0.05, 0) is 37.5 Å². The molecule has 1 fully saturated rings. The van der Waals surface area contributed by atoms with E-state index in [0.29, 0.717) is 5.89 Å². The Bertz CT molecular complexity index is 1520. The van der Waals surface area contributed by atoms with Crippen molar-refractivity contribution in [2.45, 2.75) is 44.4 Å². The van der Waals surface area contributed by atoms with E-state index in [1.165, 1.54) is 18.2 Å². The maximum Gasteiger partial charge on any atom is 0.429 e. The predicted molar refractivity (Wildman–Crippen MR) is 126 cm³/mol. The van der Waals surface area contributed by atoms with Gasteiger partial charge >= 0.3 is 6.18 Å². The largest absolute Gasteiger partial charge is 0.457 e. The number of aromatic nitrogens is 5. The van der Waals surface area contributed by atoms with Crippen molar-refractivity contribution in [2.24, 2.45) is 0 Å². The number of ether oxygens (including phenoxy) is 1. The second kappa shape index (κ2) is 9.57. The quantitative estimate of drug-likeness (QED) is 0.322. The maximum absolute atomic E-state index is 14.1. The molecule has 1 aliphatic carbocycles. The van der Waals surface area contributed by atoms with Crippen LogP contribution in [0, 0.1) is 0 Å². The van der Waals surface area contributed by atoms with Crippen molar-refractivity contribution in [3.8, 4) is 17.4 Å². The molecular formula is C23H21F3N6O4S. The third kappa shape index (κ3) is 5.63. The summed E-state index contributed by atoms with van der Waals surface area (Å²) >= 11 is 0. The van der Waals surface area contributed by atoms with Crippen LogP contribution in [0.2, 0.25) is 0 Å². The van der Waals surface area contributed by atoms with E-state index in [4.69, 9.17) is 9.26 Å². The zero-order valence-corrected chi connectivity index (χ0v) is 20.3. The number of fused-ring (bicyclic) bond motifs is 1. The van der Waals surface area contributed by atoms with E-state index in [2.05, 4.69) is 29.8 Å². The lowest BCUT2D eigenvalue weighted by molar-refractivity contribution is -0.198. The minimum Gasteiger partial charge on any atom is -0.457 e. The molecule has 3 aromatic heterocycles. The summed E-state index contributed by atoms with van der Waals surface area (Å²) in [5, 5.41) is 3.84. The van der Waals surface area contributed by atoms with Gasteiger partial charge in [0.15, 0.2) is 0 Å². The highest BCUT2D eigenvalue weighted by atomic mass is 32.2. The highest BCUT2D eigenvalue weighted by molar-refractivity contribution is 7.92.